The van der Waals surface area contributed by atoms with E-state index in [1.165, 1.54) is 4.52 Å². The van der Waals surface area contributed by atoms with E-state index in [0.29, 0.717) is 16.6 Å². The lowest BCUT2D eigenvalue weighted by Gasteiger charge is -2.13. The van der Waals surface area contributed by atoms with Gasteiger partial charge in [0, 0.05) is 23.7 Å². The molecule has 0 N–H and O–H groups in total. The summed E-state index contributed by atoms with van der Waals surface area (Å²) in [6.45, 7) is 5.99. The van der Waals surface area contributed by atoms with E-state index in [9.17, 15) is 9.59 Å². The molecule has 0 unspecified atom stereocenters. The van der Waals surface area contributed by atoms with E-state index in [0.717, 1.165) is 45.0 Å². The average Bonchev–Trinajstić information content (AvgIpc) is 3.52. The average molecular weight is 562 g/mol. The van der Waals surface area contributed by atoms with Crippen LogP contribution in [0.4, 0.5) is 0 Å². The van der Waals surface area contributed by atoms with E-state index >= 15 is 0 Å². The molecule has 0 aliphatic heterocycles. The largest absolute Gasteiger partial charge is 0.491 e. The highest BCUT2D eigenvalue weighted by atomic mass is 32.1. The molecule has 3 aromatic heterocycles. The minimum atomic E-state index is -0.432. The highest BCUT2D eigenvalue weighted by Crippen LogP contribution is 2.29. The van der Waals surface area contributed by atoms with Crippen molar-refractivity contribution in [3.8, 4) is 22.7 Å². The predicted octanol–water partition coefficient (Wildman–Crippen LogP) is 4.60. The summed E-state index contributed by atoms with van der Waals surface area (Å²) < 4.78 is 9.35. The first-order valence-corrected chi connectivity index (χ1v) is 14.1. The minimum Gasteiger partial charge on any atom is -0.491 e. The summed E-state index contributed by atoms with van der Waals surface area (Å²) in [4.78, 5) is 30.6. The smallest absolute Gasteiger partial charge is 0.296 e. The topological polar surface area (TPSA) is 91.4 Å². The molecule has 0 saturated carbocycles. The van der Waals surface area contributed by atoms with E-state index in [4.69, 9.17) is 9.84 Å². The fraction of sp³-hybridized carbons (Fsp3) is 0.156. The lowest BCUT2D eigenvalue weighted by atomic mass is 10.0. The van der Waals surface area contributed by atoms with Gasteiger partial charge in [0.2, 0.25) is 4.96 Å². The molecular weight excluding hydrogens is 534 g/mol. The van der Waals surface area contributed by atoms with Crippen LogP contribution < -0.4 is 20.4 Å². The van der Waals surface area contributed by atoms with Crippen LogP contribution in [0.2, 0.25) is 0 Å². The van der Waals surface area contributed by atoms with Crippen LogP contribution in [0.25, 0.3) is 28.0 Å². The Labute approximate surface area is 239 Å². The van der Waals surface area contributed by atoms with Crippen molar-refractivity contribution in [2.24, 2.45) is 0 Å². The molecule has 0 amide bonds. The third kappa shape index (κ3) is 5.44. The monoisotopic (exact) mass is 561 g/mol. The zero-order chi connectivity index (χ0) is 28.5. The SMILES string of the molecule is Cc1cc(-c2nn(-c3ccccc3)cc2C=c2sc3nc(=O)c(Cc4ccccc4)nn3c2=O)ccc1OC(C)C. The van der Waals surface area contributed by atoms with Crippen LogP contribution in [0, 0.1) is 6.92 Å². The summed E-state index contributed by atoms with van der Waals surface area (Å²) in [6, 6.07) is 25.3. The van der Waals surface area contributed by atoms with Crippen molar-refractivity contribution in [3.63, 3.8) is 0 Å². The van der Waals surface area contributed by atoms with Crippen molar-refractivity contribution >= 4 is 22.4 Å². The summed E-state index contributed by atoms with van der Waals surface area (Å²) in [7, 11) is 0. The zero-order valence-corrected chi connectivity index (χ0v) is 23.6. The number of thiazole rings is 1. The number of aromatic nitrogens is 5. The van der Waals surface area contributed by atoms with Gasteiger partial charge in [-0.2, -0.15) is 19.7 Å². The van der Waals surface area contributed by atoms with Gasteiger partial charge in [0.1, 0.15) is 17.1 Å². The Bertz CT molecular complexity index is 2030. The van der Waals surface area contributed by atoms with Crippen LogP contribution in [0.3, 0.4) is 0 Å². The number of rotatable bonds is 7. The number of hydrogen-bond acceptors (Lipinski definition) is 7. The second kappa shape index (κ2) is 10.9. The second-order valence-electron chi connectivity index (χ2n) is 10.00. The van der Waals surface area contributed by atoms with E-state index in [1.54, 1.807) is 10.8 Å². The van der Waals surface area contributed by atoms with Gasteiger partial charge < -0.3 is 4.74 Å². The van der Waals surface area contributed by atoms with E-state index in [-0.39, 0.29) is 22.3 Å². The first-order valence-electron chi connectivity index (χ1n) is 13.3. The molecule has 6 aromatic rings. The summed E-state index contributed by atoms with van der Waals surface area (Å²) in [6.07, 6.45) is 4.05. The maximum atomic E-state index is 13.5. The molecule has 0 aliphatic carbocycles. The molecule has 0 radical (unpaired) electrons. The van der Waals surface area contributed by atoms with Crippen LogP contribution >= 0.6 is 11.3 Å². The van der Waals surface area contributed by atoms with E-state index in [1.807, 2.05) is 106 Å². The van der Waals surface area contributed by atoms with Crippen LogP contribution in [-0.4, -0.2) is 30.5 Å². The number of nitrogens with zero attached hydrogens (tertiary/aromatic N) is 5. The Hall–Kier alpha value is -4.89. The maximum absolute atomic E-state index is 13.5. The third-order valence-electron chi connectivity index (χ3n) is 6.53. The highest BCUT2D eigenvalue weighted by Gasteiger charge is 2.16. The van der Waals surface area contributed by atoms with Gasteiger partial charge in [-0.3, -0.25) is 9.59 Å². The Morgan fingerprint density at radius 2 is 1.68 bits per heavy atom. The van der Waals surface area contributed by atoms with Gasteiger partial charge in [-0.05, 0) is 68.3 Å². The van der Waals surface area contributed by atoms with Crippen molar-refractivity contribution in [2.75, 3.05) is 0 Å². The molecule has 41 heavy (non-hydrogen) atoms. The summed E-state index contributed by atoms with van der Waals surface area (Å²) >= 11 is 1.13. The number of hydrogen-bond donors (Lipinski definition) is 0. The molecule has 0 bridgehead atoms. The highest BCUT2D eigenvalue weighted by molar-refractivity contribution is 7.15. The maximum Gasteiger partial charge on any atom is 0.296 e. The van der Waals surface area contributed by atoms with Gasteiger partial charge in [0.15, 0.2) is 0 Å². The molecule has 204 valence electrons. The van der Waals surface area contributed by atoms with Gasteiger partial charge >= 0.3 is 0 Å². The number of ether oxygens (including phenoxy) is 1. The van der Waals surface area contributed by atoms with Crippen molar-refractivity contribution < 1.29 is 4.74 Å². The quantitative estimate of drug-likeness (QED) is 0.283. The van der Waals surface area contributed by atoms with Gasteiger partial charge in [0.25, 0.3) is 11.1 Å². The van der Waals surface area contributed by atoms with Crippen LogP contribution in [-0.2, 0) is 6.42 Å². The molecule has 0 atom stereocenters. The first kappa shape index (κ1) is 26.3. The number of aryl methyl sites for hydroxylation is 1. The normalized spacial score (nSPS) is 12.0. The number of para-hydroxylation sites is 1. The lowest BCUT2D eigenvalue weighted by molar-refractivity contribution is 0.241. The lowest BCUT2D eigenvalue weighted by Crippen LogP contribution is -2.28. The van der Waals surface area contributed by atoms with Gasteiger partial charge in [0.05, 0.1) is 16.3 Å². The predicted molar refractivity (Wildman–Crippen MR) is 161 cm³/mol. The molecule has 3 aromatic carbocycles. The van der Waals surface area contributed by atoms with Crippen molar-refractivity contribution in [1.82, 2.24) is 24.4 Å². The standard InChI is InChI=1S/C32H27N5O3S/c1-20(2)40-27-15-14-23(16-21(27)3)29-24(19-36(35-29)25-12-8-5-9-13-25)18-28-31(39)37-32(41-28)33-30(38)26(34-37)17-22-10-6-4-7-11-22/h4-16,18-20H,17H2,1-3H3. The molecule has 3 heterocycles. The first-order chi connectivity index (χ1) is 19.9. The Morgan fingerprint density at radius 1 is 0.951 bits per heavy atom. The molecular formula is C32H27N5O3S. The third-order valence-corrected chi connectivity index (χ3v) is 7.48. The Morgan fingerprint density at radius 3 is 2.39 bits per heavy atom. The van der Waals surface area contributed by atoms with Crippen molar-refractivity contribution in [3.05, 3.63) is 133 Å². The molecule has 0 saturated heterocycles. The summed E-state index contributed by atoms with van der Waals surface area (Å²) in [5.74, 6) is 0.816. The summed E-state index contributed by atoms with van der Waals surface area (Å²) in [5.41, 5.74) is 4.62. The fourth-order valence-corrected chi connectivity index (χ4v) is 5.49. The van der Waals surface area contributed by atoms with Crippen LogP contribution in [0.15, 0.2) is 94.6 Å². The molecule has 8 nitrogen and oxygen atoms in total. The number of fused-ring (bicyclic) bond motifs is 1. The van der Waals surface area contributed by atoms with Gasteiger partial charge in [-0.15, -0.1) is 0 Å². The van der Waals surface area contributed by atoms with Crippen molar-refractivity contribution in [1.29, 1.82) is 0 Å². The molecule has 6 rings (SSSR count). The molecule has 9 heteroatoms. The Balaban J connectivity index is 1.48. The van der Waals surface area contributed by atoms with Gasteiger partial charge in [-0.25, -0.2) is 4.68 Å². The Kier molecular flexibility index (Phi) is 7.03. The summed E-state index contributed by atoms with van der Waals surface area (Å²) in [5, 5.41) is 9.29. The van der Waals surface area contributed by atoms with Crippen molar-refractivity contribution in [2.45, 2.75) is 33.3 Å². The molecule has 0 spiro atoms. The van der Waals surface area contributed by atoms with Crippen LogP contribution in [0.1, 0.15) is 36.2 Å². The zero-order valence-electron chi connectivity index (χ0n) is 22.8. The second-order valence-corrected chi connectivity index (χ2v) is 11.0. The van der Waals surface area contributed by atoms with E-state index < -0.39 is 5.56 Å². The van der Waals surface area contributed by atoms with Gasteiger partial charge in [-0.1, -0.05) is 59.9 Å². The fourth-order valence-electron chi connectivity index (χ4n) is 4.60. The molecule has 0 aliphatic rings. The minimum absolute atomic E-state index is 0.0618. The van der Waals surface area contributed by atoms with E-state index in [2.05, 4.69) is 10.1 Å². The number of benzene rings is 3. The van der Waals surface area contributed by atoms with Crippen LogP contribution in [0.5, 0.6) is 5.75 Å². The molecule has 0 fully saturated rings.